The summed E-state index contributed by atoms with van der Waals surface area (Å²) < 4.78 is 2.58. The number of thiophene rings is 1. The van der Waals surface area contributed by atoms with E-state index >= 15 is 0 Å². The monoisotopic (exact) mass is 465 g/mol. The van der Waals surface area contributed by atoms with Crippen LogP contribution in [-0.2, 0) is 0 Å². The van der Waals surface area contributed by atoms with Crippen LogP contribution in [0.15, 0.2) is 115 Å². The molecule has 0 radical (unpaired) electrons. The molecule has 164 valence electrons. The zero-order valence-corrected chi connectivity index (χ0v) is 19.5. The molecule has 0 amide bonds. The Hall–Kier alpha value is -4.41. The molecular formula is C31H19N3S. The predicted molar refractivity (Wildman–Crippen MR) is 147 cm³/mol. The smallest absolute Gasteiger partial charge is 0.164 e. The highest BCUT2D eigenvalue weighted by Gasteiger charge is 2.17. The SMILES string of the molecule is c1ccc(-c2nc(-c3ccccc3)nc(-c3cc4c5ccccc5sc4c4ccccc34)n2)cc1. The van der Waals surface area contributed by atoms with E-state index in [0.29, 0.717) is 17.5 Å². The maximum Gasteiger partial charge on any atom is 0.164 e. The molecule has 0 fully saturated rings. The van der Waals surface area contributed by atoms with Gasteiger partial charge in [0, 0.05) is 42.2 Å². The molecule has 4 heteroatoms. The van der Waals surface area contributed by atoms with Gasteiger partial charge >= 0.3 is 0 Å². The quantitative estimate of drug-likeness (QED) is 0.263. The van der Waals surface area contributed by atoms with Gasteiger partial charge in [0.05, 0.1) is 0 Å². The Morgan fingerprint density at radius 1 is 0.429 bits per heavy atom. The number of hydrogen-bond acceptors (Lipinski definition) is 4. The van der Waals surface area contributed by atoms with Crippen molar-refractivity contribution < 1.29 is 0 Å². The first-order chi connectivity index (χ1) is 17.3. The zero-order chi connectivity index (χ0) is 23.2. The molecule has 35 heavy (non-hydrogen) atoms. The van der Waals surface area contributed by atoms with Gasteiger partial charge in [-0.2, -0.15) is 0 Å². The van der Waals surface area contributed by atoms with Crippen LogP contribution in [-0.4, -0.2) is 15.0 Å². The lowest BCUT2D eigenvalue weighted by Crippen LogP contribution is -2.00. The molecule has 0 atom stereocenters. The van der Waals surface area contributed by atoms with Gasteiger partial charge in [-0.25, -0.2) is 15.0 Å². The Kier molecular flexibility index (Phi) is 4.64. The van der Waals surface area contributed by atoms with E-state index in [0.717, 1.165) is 22.1 Å². The molecule has 7 aromatic rings. The van der Waals surface area contributed by atoms with Crippen LogP contribution >= 0.6 is 11.3 Å². The van der Waals surface area contributed by atoms with Gasteiger partial charge in [0.15, 0.2) is 17.5 Å². The fraction of sp³-hybridized carbons (Fsp3) is 0. The number of nitrogens with zero attached hydrogens (tertiary/aromatic N) is 3. The molecule has 0 unspecified atom stereocenters. The molecular weight excluding hydrogens is 446 g/mol. The molecule has 0 bridgehead atoms. The number of hydrogen-bond donors (Lipinski definition) is 0. The van der Waals surface area contributed by atoms with Gasteiger partial charge in [0.25, 0.3) is 0 Å². The molecule has 2 aromatic heterocycles. The third-order valence-electron chi connectivity index (χ3n) is 6.32. The molecule has 0 aliphatic rings. The standard InChI is InChI=1S/C31H19N3S/c1-3-11-20(12-4-1)29-32-30(21-13-5-2-6-14-21)34-31(33-29)26-19-25-23-16-9-10-18-27(23)35-28(25)24-17-8-7-15-22(24)26/h1-19H. The average molecular weight is 466 g/mol. The molecule has 0 spiro atoms. The summed E-state index contributed by atoms with van der Waals surface area (Å²) in [5.74, 6) is 2.04. The van der Waals surface area contributed by atoms with Crippen molar-refractivity contribution in [1.82, 2.24) is 15.0 Å². The minimum atomic E-state index is 0.675. The third kappa shape index (κ3) is 3.38. The summed E-state index contributed by atoms with van der Waals surface area (Å²) in [7, 11) is 0. The van der Waals surface area contributed by atoms with Crippen molar-refractivity contribution in [2.75, 3.05) is 0 Å². The molecule has 2 heterocycles. The van der Waals surface area contributed by atoms with Crippen molar-refractivity contribution in [3.8, 4) is 34.2 Å². The van der Waals surface area contributed by atoms with Gasteiger partial charge in [-0.05, 0) is 17.5 Å². The van der Waals surface area contributed by atoms with Gasteiger partial charge in [0.2, 0.25) is 0 Å². The van der Waals surface area contributed by atoms with Crippen molar-refractivity contribution in [3.63, 3.8) is 0 Å². The van der Waals surface area contributed by atoms with E-state index in [9.17, 15) is 0 Å². The second-order valence-corrected chi connectivity index (χ2v) is 9.54. The van der Waals surface area contributed by atoms with E-state index in [2.05, 4.69) is 54.6 Å². The van der Waals surface area contributed by atoms with Crippen LogP contribution in [0.4, 0.5) is 0 Å². The molecule has 3 nitrogen and oxygen atoms in total. The number of benzene rings is 5. The van der Waals surface area contributed by atoms with E-state index < -0.39 is 0 Å². The van der Waals surface area contributed by atoms with Gasteiger partial charge in [-0.3, -0.25) is 0 Å². The molecule has 0 saturated carbocycles. The fourth-order valence-electron chi connectivity index (χ4n) is 4.66. The van der Waals surface area contributed by atoms with Crippen LogP contribution in [0.5, 0.6) is 0 Å². The van der Waals surface area contributed by atoms with Crippen LogP contribution in [0.3, 0.4) is 0 Å². The lowest BCUT2D eigenvalue weighted by atomic mass is 10.00. The van der Waals surface area contributed by atoms with Crippen LogP contribution in [0.1, 0.15) is 0 Å². The molecule has 0 N–H and O–H groups in total. The van der Waals surface area contributed by atoms with Crippen molar-refractivity contribution in [2.24, 2.45) is 0 Å². The largest absolute Gasteiger partial charge is 0.208 e. The van der Waals surface area contributed by atoms with E-state index in [-0.39, 0.29) is 0 Å². The Bertz CT molecular complexity index is 1780. The van der Waals surface area contributed by atoms with Crippen LogP contribution in [0, 0.1) is 0 Å². The third-order valence-corrected chi connectivity index (χ3v) is 7.54. The Balaban J connectivity index is 1.57. The van der Waals surface area contributed by atoms with Crippen LogP contribution in [0.25, 0.3) is 65.1 Å². The first-order valence-electron chi connectivity index (χ1n) is 11.6. The first-order valence-corrected chi connectivity index (χ1v) is 12.4. The highest BCUT2D eigenvalue weighted by atomic mass is 32.1. The number of fused-ring (bicyclic) bond motifs is 5. The fourth-order valence-corrected chi connectivity index (χ4v) is 5.88. The summed E-state index contributed by atoms with van der Waals surface area (Å²) in [6, 6.07) is 39.7. The topological polar surface area (TPSA) is 38.7 Å². The van der Waals surface area contributed by atoms with Gasteiger partial charge in [-0.1, -0.05) is 103 Å². The summed E-state index contributed by atoms with van der Waals surface area (Å²) in [5.41, 5.74) is 2.97. The van der Waals surface area contributed by atoms with Crippen molar-refractivity contribution in [3.05, 3.63) is 115 Å². The molecule has 0 aliphatic heterocycles. The molecule has 5 aromatic carbocycles. The maximum absolute atomic E-state index is 5.00. The summed E-state index contributed by atoms with van der Waals surface area (Å²) in [4.78, 5) is 14.9. The summed E-state index contributed by atoms with van der Waals surface area (Å²) >= 11 is 1.84. The lowest BCUT2D eigenvalue weighted by molar-refractivity contribution is 1.08. The van der Waals surface area contributed by atoms with Crippen molar-refractivity contribution in [1.29, 1.82) is 0 Å². The first kappa shape index (κ1) is 20.0. The van der Waals surface area contributed by atoms with Crippen LogP contribution in [0.2, 0.25) is 0 Å². The number of rotatable bonds is 3. The molecule has 7 rings (SSSR count). The average Bonchev–Trinajstić information content (AvgIpc) is 3.32. The van der Waals surface area contributed by atoms with Crippen molar-refractivity contribution in [2.45, 2.75) is 0 Å². The second kappa shape index (κ2) is 8.12. The van der Waals surface area contributed by atoms with E-state index in [4.69, 9.17) is 15.0 Å². The molecule has 0 aliphatic carbocycles. The van der Waals surface area contributed by atoms with Gasteiger partial charge in [0.1, 0.15) is 0 Å². The van der Waals surface area contributed by atoms with Gasteiger partial charge in [-0.15, -0.1) is 11.3 Å². The summed E-state index contributed by atoms with van der Waals surface area (Å²) in [5, 5.41) is 4.88. The molecule has 0 saturated heterocycles. The zero-order valence-electron chi connectivity index (χ0n) is 18.7. The Morgan fingerprint density at radius 2 is 0.943 bits per heavy atom. The highest BCUT2D eigenvalue weighted by Crippen LogP contribution is 2.42. The number of aromatic nitrogens is 3. The predicted octanol–water partition coefficient (Wildman–Crippen LogP) is 8.39. The lowest BCUT2D eigenvalue weighted by Gasteiger charge is -2.11. The highest BCUT2D eigenvalue weighted by molar-refractivity contribution is 7.26. The summed E-state index contributed by atoms with van der Waals surface area (Å²) in [6.45, 7) is 0. The minimum Gasteiger partial charge on any atom is -0.208 e. The second-order valence-electron chi connectivity index (χ2n) is 8.48. The van der Waals surface area contributed by atoms with E-state index in [1.165, 1.54) is 25.6 Å². The normalized spacial score (nSPS) is 11.4. The van der Waals surface area contributed by atoms with Gasteiger partial charge < -0.3 is 0 Å². The van der Waals surface area contributed by atoms with Crippen molar-refractivity contribution >= 4 is 42.3 Å². The Morgan fingerprint density at radius 3 is 1.60 bits per heavy atom. The Labute approximate surface area is 206 Å². The van der Waals surface area contributed by atoms with E-state index in [1.54, 1.807) is 0 Å². The van der Waals surface area contributed by atoms with E-state index in [1.807, 2.05) is 72.0 Å². The summed E-state index contributed by atoms with van der Waals surface area (Å²) in [6.07, 6.45) is 0. The minimum absolute atomic E-state index is 0.675. The maximum atomic E-state index is 5.00. The van der Waals surface area contributed by atoms with Crippen LogP contribution < -0.4 is 0 Å².